The molecule has 1 saturated heterocycles. The van der Waals surface area contributed by atoms with Crippen molar-refractivity contribution in [1.29, 1.82) is 0 Å². The first-order valence-electron chi connectivity index (χ1n) is 7.33. The first-order valence-corrected chi connectivity index (χ1v) is 7.33. The van der Waals surface area contributed by atoms with Crippen LogP contribution >= 0.6 is 0 Å². The second kappa shape index (κ2) is 6.42. The summed E-state index contributed by atoms with van der Waals surface area (Å²) in [5.41, 5.74) is 3.36. The van der Waals surface area contributed by atoms with Crippen molar-refractivity contribution < 1.29 is 19.2 Å². The Balaban J connectivity index is 1.92. The second-order valence-electron chi connectivity index (χ2n) is 5.42. The molecule has 1 fully saturated rings. The summed E-state index contributed by atoms with van der Waals surface area (Å²) in [6.07, 6.45) is 0.648. The van der Waals surface area contributed by atoms with Gasteiger partial charge >= 0.3 is 7.12 Å². The van der Waals surface area contributed by atoms with E-state index in [1.54, 1.807) is 14.2 Å². The molecule has 1 atom stereocenters. The molecule has 1 heterocycles. The molecule has 0 amide bonds. The summed E-state index contributed by atoms with van der Waals surface area (Å²) in [5, 5.41) is 9.52. The normalized spacial score (nSPS) is 17.6. The molecule has 0 saturated carbocycles. The van der Waals surface area contributed by atoms with Gasteiger partial charge in [0.05, 0.1) is 14.2 Å². The van der Waals surface area contributed by atoms with Gasteiger partial charge in [0.1, 0.15) is 0 Å². The van der Waals surface area contributed by atoms with Crippen LogP contribution in [-0.2, 0) is 4.65 Å². The molecule has 2 aromatic carbocycles. The average molecular weight is 298 g/mol. The molecule has 1 aliphatic heterocycles. The molecule has 114 valence electrons. The van der Waals surface area contributed by atoms with Gasteiger partial charge in [-0.15, -0.1) is 0 Å². The Morgan fingerprint density at radius 1 is 1.05 bits per heavy atom. The zero-order chi connectivity index (χ0) is 15.5. The van der Waals surface area contributed by atoms with Gasteiger partial charge in [0, 0.05) is 12.5 Å². The van der Waals surface area contributed by atoms with E-state index < -0.39 is 7.12 Å². The number of hydrogen-bond acceptors (Lipinski definition) is 4. The zero-order valence-corrected chi connectivity index (χ0v) is 12.8. The smallest absolute Gasteiger partial charge is 0.454 e. The monoisotopic (exact) mass is 298 g/mol. The summed E-state index contributed by atoms with van der Waals surface area (Å²) in [5.74, 6) is 1.68. The molecule has 0 radical (unpaired) electrons. The van der Waals surface area contributed by atoms with Gasteiger partial charge in [-0.1, -0.05) is 30.3 Å². The fraction of sp³-hybridized carbons (Fsp3) is 0.294. The molecular formula is C17H19BO4. The minimum Gasteiger partial charge on any atom is -0.493 e. The van der Waals surface area contributed by atoms with Gasteiger partial charge in [-0.3, -0.25) is 0 Å². The molecule has 22 heavy (non-hydrogen) atoms. The number of rotatable bonds is 4. The number of benzene rings is 2. The Kier molecular flexibility index (Phi) is 4.36. The van der Waals surface area contributed by atoms with E-state index in [9.17, 15) is 5.02 Å². The molecule has 1 N–H and O–H groups in total. The minimum absolute atomic E-state index is 0.245. The van der Waals surface area contributed by atoms with Crippen molar-refractivity contribution in [2.75, 3.05) is 20.8 Å². The third-order valence-electron chi connectivity index (χ3n) is 4.05. The molecule has 4 nitrogen and oxygen atoms in total. The van der Waals surface area contributed by atoms with Gasteiger partial charge in [0.2, 0.25) is 0 Å². The van der Waals surface area contributed by atoms with Crippen molar-refractivity contribution in [2.45, 2.75) is 12.2 Å². The van der Waals surface area contributed by atoms with Gasteiger partial charge in [-0.25, -0.2) is 0 Å². The molecule has 0 spiro atoms. The van der Waals surface area contributed by atoms with E-state index >= 15 is 0 Å². The lowest BCUT2D eigenvalue weighted by molar-refractivity contribution is 0.292. The average Bonchev–Trinajstić information content (AvgIpc) is 3.01. The Morgan fingerprint density at radius 3 is 2.50 bits per heavy atom. The summed E-state index contributed by atoms with van der Waals surface area (Å²) in [7, 11) is 2.62. The molecule has 0 bridgehead atoms. The predicted octanol–water partition coefficient (Wildman–Crippen LogP) is 2.97. The van der Waals surface area contributed by atoms with Crippen LogP contribution in [0.5, 0.6) is 11.5 Å². The lowest BCUT2D eigenvalue weighted by atomic mass is 9.79. The van der Waals surface area contributed by atoms with Crippen LogP contribution in [0.3, 0.4) is 0 Å². The van der Waals surface area contributed by atoms with Crippen molar-refractivity contribution in [2.24, 2.45) is 0 Å². The lowest BCUT2D eigenvalue weighted by Crippen LogP contribution is -2.07. The van der Waals surface area contributed by atoms with Crippen LogP contribution < -0.4 is 9.47 Å². The van der Waals surface area contributed by atoms with Crippen LogP contribution in [0.4, 0.5) is 0 Å². The highest BCUT2D eigenvalue weighted by molar-refractivity contribution is 6.43. The highest BCUT2D eigenvalue weighted by atomic mass is 16.5. The molecule has 3 rings (SSSR count). The van der Waals surface area contributed by atoms with Crippen LogP contribution in [0.2, 0.25) is 6.32 Å². The van der Waals surface area contributed by atoms with Crippen LogP contribution in [0, 0.1) is 0 Å². The van der Waals surface area contributed by atoms with Crippen LogP contribution in [0.1, 0.15) is 11.5 Å². The molecule has 0 aliphatic carbocycles. The second-order valence-corrected chi connectivity index (χ2v) is 5.42. The minimum atomic E-state index is -0.644. The summed E-state index contributed by atoms with van der Waals surface area (Å²) >= 11 is 0. The van der Waals surface area contributed by atoms with Crippen LogP contribution in [0.25, 0.3) is 11.1 Å². The van der Waals surface area contributed by atoms with E-state index in [-0.39, 0.29) is 5.92 Å². The van der Waals surface area contributed by atoms with Crippen molar-refractivity contribution >= 4 is 7.12 Å². The third-order valence-corrected chi connectivity index (χ3v) is 4.05. The van der Waals surface area contributed by atoms with E-state index in [0.29, 0.717) is 18.7 Å². The maximum Gasteiger partial charge on any atom is 0.454 e. The number of ether oxygens (including phenoxy) is 2. The van der Waals surface area contributed by atoms with Gasteiger partial charge in [0.25, 0.3) is 0 Å². The Bertz CT molecular complexity index is 659. The van der Waals surface area contributed by atoms with Gasteiger partial charge < -0.3 is 19.2 Å². The largest absolute Gasteiger partial charge is 0.493 e. The Morgan fingerprint density at radius 2 is 1.82 bits per heavy atom. The Labute approximate surface area is 130 Å². The van der Waals surface area contributed by atoms with Crippen molar-refractivity contribution in [3.05, 3.63) is 48.0 Å². The van der Waals surface area contributed by atoms with E-state index in [1.165, 1.54) is 5.56 Å². The summed E-state index contributed by atoms with van der Waals surface area (Å²) in [6, 6.07) is 14.2. The first kappa shape index (κ1) is 14.9. The molecule has 0 aromatic heterocycles. The van der Waals surface area contributed by atoms with E-state index in [0.717, 1.165) is 16.9 Å². The van der Waals surface area contributed by atoms with E-state index in [2.05, 4.69) is 18.2 Å². The fourth-order valence-corrected chi connectivity index (χ4v) is 2.83. The topological polar surface area (TPSA) is 47.9 Å². The zero-order valence-electron chi connectivity index (χ0n) is 12.8. The van der Waals surface area contributed by atoms with Crippen molar-refractivity contribution in [3.63, 3.8) is 0 Å². The fourth-order valence-electron chi connectivity index (χ4n) is 2.83. The lowest BCUT2D eigenvalue weighted by Gasteiger charge is -2.12. The number of methoxy groups -OCH3 is 2. The summed E-state index contributed by atoms with van der Waals surface area (Å²) in [4.78, 5) is 0. The van der Waals surface area contributed by atoms with Crippen molar-refractivity contribution in [1.82, 2.24) is 0 Å². The maximum absolute atomic E-state index is 9.52. The van der Waals surface area contributed by atoms with Crippen LogP contribution in [-0.4, -0.2) is 33.0 Å². The maximum atomic E-state index is 9.52. The summed E-state index contributed by atoms with van der Waals surface area (Å²) < 4.78 is 15.9. The SMILES string of the molecule is COc1ccc(-c2cccc([C@@H]3COB(O)C3)c2)cc1OC. The van der Waals surface area contributed by atoms with Gasteiger partial charge in [0.15, 0.2) is 11.5 Å². The molecule has 5 heteroatoms. The van der Waals surface area contributed by atoms with E-state index in [4.69, 9.17) is 14.1 Å². The van der Waals surface area contributed by atoms with Crippen molar-refractivity contribution in [3.8, 4) is 22.6 Å². The summed E-state index contributed by atoms with van der Waals surface area (Å²) in [6.45, 7) is 0.566. The molecular weight excluding hydrogens is 279 g/mol. The Hall–Kier alpha value is -1.98. The van der Waals surface area contributed by atoms with Gasteiger partial charge in [-0.2, -0.15) is 0 Å². The standard InChI is InChI=1S/C17H19BO4/c1-20-16-7-6-14(9-17(16)21-2)12-4-3-5-13(8-12)15-10-18(19)22-11-15/h3-9,15,19H,10-11H2,1-2H3/t15-/m0/s1. The first-order chi connectivity index (χ1) is 10.7. The molecule has 1 aliphatic rings. The van der Waals surface area contributed by atoms with Gasteiger partial charge in [-0.05, 0) is 35.1 Å². The number of hydrogen-bond donors (Lipinski definition) is 1. The van der Waals surface area contributed by atoms with Crippen LogP contribution in [0.15, 0.2) is 42.5 Å². The molecule has 2 aromatic rings. The predicted molar refractivity (Wildman–Crippen MR) is 86.5 cm³/mol. The highest BCUT2D eigenvalue weighted by Gasteiger charge is 2.29. The highest BCUT2D eigenvalue weighted by Crippen LogP contribution is 2.34. The van der Waals surface area contributed by atoms with E-state index in [1.807, 2.05) is 24.3 Å². The quantitative estimate of drug-likeness (QED) is 0.882. The molecule has 0 unspecified atom stereocenters. The third kappa shape index (κ3) is 2.96.